The lowest BCUT2D eigenvalue weighted by atomic mass is 10.2. The van der Waals surface area contributed by atoms with E-state index in [0.717, 1.165) is 43.0 Å². The van der Waals surface area contributed by atoms with E-state index in [0.29, 0.717) is 17.4 Å². The van der Waals surface area contributed by atoms with Crippen LogP contribution in [-0.4, -0.2) is 63.2 Å². The minimum atomic E-state index is -2.60. The Labute approximate surface area is 171 Å². The summed E-state index contributed by atoms with van der Waals surface area (Å²) >= 11 is 0. The average molecular weight is 416 g/mol. The number of anilines is 1. The van der Waals surface area contributed by atoms with Gasteiger partial charge < -0.3 is 4.90 Å². The van der Waals surface area contributed by atoms with Crippen LogP contribution < -0.4 is 16.1 Å². The summed E-state index contributed by atoms with van der Waals surface area (Å²) in [6, 6.07) is 7.07. The summed E-state index contributed by atoms with van der Waals surface area (Å²) in [6.45, 7) is 4.00. The predicted octanol–water partition coefficient (Wildman–Crippen LogP) is 1.04. The standard InChI is InChI=1S/C20H22F2N6O2/c21-18(22)13-28-14-24-17-12-15(2-3-16(17)19(28)29)26-9-6-25(7-10-26)8-11-27-5-1-4-23-20(27)30/h1-5,12,14,18H,6-11,13H2. The Morgan fingerprint density at radius 3 is 2.53 bits per heavy atom. The molecule has 0 saturated carbocycles. The summed E-state index contributed by atoms with van der Waals surface area (Å²) in [6.07, 6.45) is 1.81. The van der Waals surface area contributed by atoms with E-state index < -0.39 is 18.5 Å². The molecule has 0 atom stereocenters. The molecular weight excluding hydrogens is 394 g/mol. The zero-order valence-corrected chi connectivity index (χ0v) is 16.3. The maximum Gasteiger partial charge on any atom is 0.347 e. The predicted molar refractivity (Wildman–Crippen MR) is 109 cm³/mol. The maximum atomic E-state index is 12.6. The van der Waals surface area contributed by atoms with E-state index in [4.69, 9.17) is 0 Å². The van der Waals surface area contributed by atoms with Gasteiger partial charge in [0.05, 0.1) is 23.8 Å². The van der Waals surface area contributed by atoms with Gasteiger partial charge in [0, 0.05) is 57.3 Å². The zero-order chi connectivity index (χ0) is 21.1. The quantitative estimate of drug-likeness (QED) is 0.598. The van der Waals surface area contributed by atoms with Crippen LogP contribution in [0.2, 0.25) is 0 Å². The number of hydrogen-bond acceptors (Lipinski definition) is 6. The molecule has 1 fully saturated rings. The highest BCUT2D eigenvalue weighted by Gasteiger charge is 2.18. The number of fused-ring (bicyclic) bond motifs is 1. The second-order valence-corrected chi connectivity index (χ2v) is 7.22. The average Bonchev–Trinajstić information content (AvgIpc) is 2.75. The van der Waals surface area contributed by atoms with E-state index in [1.807, 2.05) is 12.1 Å². The summed E-state index contributed by atoms with van der Waals surface area (Å²) in [5, 5.41) is 0.336. The van der Waals surface area contributed by atoms with Crippen LogP contribution in [0.15, 0.2) is 52.6 Å². The molecule has 1 saturated heterocycles. The smallest absolute Gasteiger partial charge is 0.347 e. The van der Waals surface area contributed by atoms with Crippen molar-refractivity contribution in [2.75, 3.05) is 37.6 Å². The van der Waals surface area contributed by atoms with Crippen LogP contribution in [-0.2, 0) is 13.1 Å². The van der Waals surface area contributed by atoms with E-state index in [-0.39, 0.29) is 5.69 Å². The van der Waals surface area contributed by atoms with E-state index >= 15 is 0 Å². The van der Waals surface area contributed by atoms with Crippen LogP contribution in [0.3, 0.4) is 0 Å². The van der Waals surface area contributed by atoms with Gasteiger partial charge in [0.15, 0.2) is 0 Å². The Bertz CT molecular complexity index is 1140. The topological polar surface area (TPSA) is 76.3 Å². The molecule has 8 nitrogen and oxygen atoms in total. The first-order valence-electron chi connectivity index (χ1n) is 9.77. The molecule has 0 N–H and O–H groups in total. The van der Waals surface area contributed by atoms with Gasteiger partial charge in [-0.25, -0.2) is 23.5 Å². The molecule has 1 aliphatic rings. The van der Waals surface area contributed by atoms with Crippen molar-refractivity contribution >= 4 is 16.6 Å². The Morgan fingerprint density at radius 1 is 1.00 bits per heavy atom. The van der Waals surface area contributed by atoms with Crippen molar-refractivity contribution in [1.29, 1.82) is 0 Å². The number of aromatic nitrogens is 4. The number of alkyl halides is 2. The largest absolute Gasteiger partial charge is 0.369 e. The summed E-state index contributed by atoms with van der Waals surface area (Å²) in [7, 11) is 0. The van der Waals surface area contributed by atoms with Crippen LogP contribution >= 0.6 is 0 Å². The molecule has 0 aliphatic carbocycles. The Balaban J connectivity index is 1.40. The third-order valence-corrected chi connectivity index (χ3v) is 5.32. The van der Waals surface area contributed by atoms with Crippen LogP contribution in [0.25, 0.3) is 10.9 Å². The Kier molecular flexibility index (Phi) is 5.84. The number of nitrogens with zero attached hydrogens (tertiary/aromatic N) is 6. The lowest BCUT2D eigenvalue weighted by Crippen LogP contribution is -2.47. The lowest BCUT2D eigenvalue weighted by molar-refractivity contribution is 0.125. The highest BCUT2D eigenvalue weighted by molar-refractivity contribution is 5.81. The van der Waals surface area contributed by atoms with Gasteiger partial charge in [-0.15, -0.1) is 0 Å². The fourth-order valence-corrected chi connectivity index (χ4v) is 3.66. The first kappa shape index (κ1) is 20.1. The third kappa shape index (κ3) is 4.38. The highest BCUT2D eigenvalue weighted by Crippen LogP contribution is 2.20. The first-order valence-corrected chi connectivity index (χ1v) is 9.77. The van der Waals surface area contributed by atoms with Gasteiger partial charge >= 0.3 is 5.69 Å². The molecular formula is C20H22F2N6O2. The van der Waals surface area contributed by atoms with Crippen molar-refractivity contribution < 1.29 is 8.78 Å². The molecule has 0 unspecified atom stereocenters. The summed E-state index contributed by atoms with van der Waals surface area (Å²) in [5.74, 6) is 0. The Hall–Kier alpha value is -3.14. The summed E-state index contributed by atoms with van der Waals surface area (Å²) in [5.41, 5.74) is 0.750. The van der Waals surface area contributed by atoms with Gasteiger partial charge in [0.1, 0.15) is 0 Å². The van der Waals surface area contributed by atoms with E-state index in [1.165, 1.54) is 12.5 Å². The van der Waals surface area contributed by atoms with Crippen molar-refractivity contribution in [1.82, 2.24) is 24.0 Å². The summed E-state index contributed by atoms with van der Waals surface area (Å²) in [4.78, 5) is 36.5. The van der Waals surface area contributed by atoms with Crippen molar-refractivity contribution in [2.24, 2.45) is 0 Å². The van der Waals surface area contributed by atoms with Crippen LogP contribution in [0.4, 0.5) is 14.5 Å². The van der Waals surface area contributed by atoms with Crippen molar-refractivity contribution in [3.8, 4) is 0 Å². The normalized spacial score (nSPS) is 15.2. The second kappa shape index (κ2) is 8.70. The van der Waals surface area contributed by atoms with Gasteiger partial charge in [0.25, 0.3) is 12.0 Å². The van der Waals surface area contributed by atoms with E-state index in [1.54, 1.807) is 22.9 Å². The second-order valence-electron chi connectivity index (χ2n) is 7.22. The number of rotatable bonds is 6. The molecule has 1 aromatic carbocycles. The van der Waals surface area contributed by atoms with Crippen molar-refractivity contribution in [3.05, 3.63) is 63.8 Å². The fourth-order valence-electron chi connectivity index (χ4n) is 3.66. The first-order chi connectivity index (χ1) is 14.5. The van der Waals surface area contributed by atoms with E-state index in [9.17, 15) is 18.4 Å². The maximum absolute atomic E-state index is 12.6. The SMILES string of the molecule is O=c1ncccn1CCN1CCN(c2ccc3c(=O)n(CC(F)F)cnc3c2)CC1. The van der Waals surface area contributed by atoms with Gasteiger partial charge in [-0.3, -0.25) is 18.8 Å². The fraction of sp³-hybridized carbons (Fsp3) is 0.400. The number of benzene rings is 1. The number of halogens is 2. The molecule has 30 heavy (non-hydrogen) atoms. The van der Waals surface area contributed by atoms with Crippen molar-refractivity contribution in [3.63, 3.8) is 0 Å². The number of hydrogen-bond donors (Lipinski definition) is 0. The van der Waals surface area contributed by atoms with Gasteiger partial charge in [-0.05, 0) is 24.3 Å². The molecule has 3 aromatic rings. The van der Waals surface area contributed by atoms with Crippen LogP contribution in [0.1, 0.15) is 0 Å². The van der Waals surface area contributed by atoms with E-state index in [2.05, 4.69) is 19.8 Å². The molecule has 4 rings (SSSR count). The van der Waals surface area contributed by atoms with Crippen molar-refractivity contribution in [2.45, 2.75) is 19.5 Å². The Morgan fingerprint density at radius 2 is 1.80 bits per heavy atom. The monoisotopic (exact) mass is 416 g/mol. The molecule has 2 aromatic heterocycles. The van der Waals surface area contributed by atoms with Gasteiger partial charge in [-0.2, -0.15) is 0 Å². The molecule has 158 valence electrons. The molecule has 1 aliphatic heterocycles. The molecule has 0 amide bonds. The minimum absolute atomic E-state index is 0.243. The molecule has 0 radical (unpaired) electrons. The molecule has 0 spiro atoms. The lowest BCUT2D eigenvalue weighted by Gasteiger charge is -2.36. The molecule has 0 bridgehead atoms. The highest BCUT2D eigenvalue weighted by atomic mass is 19.3. The molecule has 3 heterocycles. The third-order valence-electron chi connectivity index (χ3n) is 5.32. The van der Waals surface area contributed by atoms with Crippen LogP contribution in [0.5, 0.6) is 0 Å². The molecule has 10 heteroatoms. The van der Waals surface area contributed by atoms with Gasteiger partial charge in [0.2, 0.25) is 0 Å². The zero-order valence-electron chi connectivity index (χ0n) is 16.3. The summed E-state index contributed by atoms with van der Waals surface area (Å²) < 4.78 is 27.7. The van der Waals surface area contributed by atoms with Gasteiger partial charge in [-0.1, -0.05) is 0 Å². The van der Waals surface area contributed by atoms with Crippen LogP contribution in [0, 0.1) is 0 Å². The minimum Gasteiger partial charge on any atom is -0.369 e. The number of piperazine rings is 1.